The Morgan fingerprint density at radius 1 is 1.14 bits per heavy atom. The van der Waals surface area contributed by atoms with Crippen LogP contribution in [0.1, 0.15) is 10.4 Å². The van der Waals surface area contributed by atoms with Crippen LogP contribution in [0.15, 0.2) is 51.8 Å². The second kappa shape index (κ2) is 5.92. The van der Waals surface area contributed by atoms with Crippen molar-refractivity contribution in [3.8, 4) is 0 Å². The fourth-order valence-electron chi connectivity index (χ4n) is 1.61. The number of hydrogen-bond acceptors (Lipinski definition) is 3. The number of benzene rings is 2. The van der Waals surface area contributed by atoms with Crippen molar-refractivity contribution in [2.45, 2.75) is 4.90 Å². The van der Waals surface area contributed by atoms with E-state index in [1.165, 1.54) is 42.5 Å². The molecule has 0 fully saturated rings. The summed E-state index contributed by atoms with van der Waals surface area (Å²) in [4.78, 5) is 11.9. The first-order chi connectivity index (χ1) is 9.79. The smallest absolute Gasteiger partial charge is 0.258 e. The lowest BCUT2D eigenvalue weighted by molar-refractivity contribution is 0.102. The molecule has 0 atom stereocenters. The standard InChI is InChI=1S/C13H10BrFN2O3S/c14-11-3-1-2-10(12(11)15)13(18)17-8-4-6-9(7-5-8)21(16,19)20/h1-7H,(H,17,18)(H2,16,19,20). The van der Waals surface area contributed by atoms with Gasteiger partial charge >= 0.3 is 0 Å². The molecule has 8 heteroatoms. The number of amides is 1. The first-order valence-corrected chi connectivity index (χ1v) is 8.01. The van der Waals surface area contributed by atoms with E-state index in [0.29, 0.717) is 5.69 Å². The van der Waals surface area contributed by atoms with Gasteiger partial charge < -0.3 is 5.32 Å². The van der Waals surface area contributed by atoms with Crippen molar-refractivity contribution in [2.75, 3.05) is 5.32 Å². The first-order valence-electron chi connectivity index (χ1n) is 5.67. The van der Waals surface area contributed by atoms with Gasteiger partial charge in [0, 0.05) is 5.69 Å². The molecule has 0 radical (unpaired) electrons. The lowest BCUT2D eigenvalue weighted by atomic mass is 10.2. The van der Waals surface area contributed by atoms with Crippen LogP contribution in [-0.2, 0) is 10.0 Å². The minimum atomic E-state index is -3.79. The Labute approximate surface area is 129 Å². The van der Waals surface area contributed by atoms with Gasteiger partial charge in [-0.1, -0.05) is 6.07 Å². The van der Waals surface area contributed by atoms with Crippen LogP contribution in [-0.4, -0.2) is 14.3 Å². The second-order valence-corrected chi connectivity index (χ2v) is 6.54. The third-order valence-corrected chi connectivity index (χ3v) is 4.18. The van der Waals surface area contributed by atoms with Crippen LogP contribution in [0, 0.1) is 5.82 Å². The van der Waals surface area contributed by atoms with E-state index in [1.54, 1.807) is 0 Å². The molecular weight excluding hydrogens is 363 g/mol. The highest BCUT2D eigenvalue weighted by atomic mass is 79.9. The number of sulfonamides is 1. The van der Waals surface area contributed by atoms with Gasteiger partial charge in [-0.2, -0.15) is 0 Å². The zero-order chi connectivity index (χ0) is 15.6. The summed E-state index contributed by atoms with van der Waals surface area (Å²) in [6, 6.07) is 9.60. The van der Waals surface area contributed by atoms with Crippen molar-refractivity contribution < 1.29 is 17.6 Å². The second-order valence-electron chi connectivity index (χ2n) is 4.12. The SMILES string of the molecule is NS(=O)(=O)c1ccc(NC(=O)c2cccc(Br)c2F)cc1. The van der Waals surface area contributed by atoms with Crippen LogP contribution in [0.4, 0.5) is 10.1 Å². The van der Waals surface area contributed by atoms with Gasteiger partial charge in [0.25, 0.3) is 5.91 Å². The van der Waals surface area contributed by atoms with Gasteiger partial charge in [-0.3, -0.25) is 4.79 Å². The van der Waals surface area contributed by atoms with Gasteiger partial charge in [0.1, 0.15) is 5.82 Å². The molecule has 2 aromatic rings. The molecule has 0 saturated carbocycles. The van der Waals surface area contributed by atoms with E-state index in [2.05, 4.69) is 21.2 Å². The molecule has 110 valence electrons. The molecular formula is C13H10BrFN2O3S. The number of primary sulfonamides is 1. The van der Waals surface area contributed by atoms with Gasteiger partial charge in [-0.15, -0.1) is 0 Å². The largest absolute Gasteiger partial charge is 0.322 e. The zero-order valence-electron chi connectivity index (χ0n) is 10.5. The molecule has 0 aliphatic carbocycles. The highest BCUT2D eigenvalue weighted by Gasteiger charge is 2.14. The van der Waals surface area contributed by atoms with E-state index in [9.17, 15) is 17.6 Å². The van der Waals surface area contributed by atoms with Crippen molar-refractivity contribution in [1.29, 1.82) is 0 Å². The molecule has 0 aromatic heterocycles. The van der Waals surface area contributed by atoms with E-state index in [-0.39, 0.29) is 14.9 Å². The fraction of sp³-hybridized carbons (Fsp3) is 0. The Kier molecular flexibility index (Phi) is 4.40. The first kappa shape index (κ1) is 15.6. The van der Waals surface area contributed by atoms with E-state index < -0.39 is 21.7 Å². The van der Waals surface area contributed by atoms with Crippen LogP contribution in [0.3, 0.4) is 0 Å². The molecule has 0 bridgehead atoms. The van der Waals surface area contributed by atoms with Crippen LogP contribution >= 0.6 is 15.9 Å². The Hall–Kier alpha value is -1.77. The highest BCUT2D eigenvalue weighted by Crippen LogP contribution is 2.20. The summed E-state index contributed by atoms with van der Waals surface area (Å²) in [6.07, 6.45) is 0. The normalized spacial score (nSPS) is 11.2. The summed E-state index contributed by atoms with van der Waals surface area (Å²) in [5.41, 5.74) is 0.201. The maximum absolute atomic E-state index is 13.8. The Balaban J connectivity index is 2.22. The van der Waals surface area contributed by atoms with E-state index in [0.717, 1.165) is 0 Å². The Morgan fingerprint density at radius 2 is 1.76 bits per heavy atom. The Bertz CT molecular complexity index is 792. The van der Waals surface area contributed by atoms with Crippen molar-refractivity contribution in [1.82, 2.24) is 0 Å². The third-order valence-electron chi connectivity index (χ3n) is 2.64. The van der Waals surface area contributed by atoms with Crippen molar-refractivity contribution >= 4 is 37.5 Å². The van der Waals surface area contributed by atoms with Gasteiger partial charge in [0.2, 0.25) is 10.0 Å². The predicted molar refractivity (Wildman–Crippen MR) is 79.9 cm³/mol. The zero-order valence-corrected chi connectivity index (χ0v) is 12.9. The van der Waals surface area contributed by atoms with Crippen LogP contribution in [0.2, 0.25) is 0 Å². The van der Waals surface area contributed by atoms with Gasteiger partial charge in [-0.05, 0) is 52.3 Å². The summed E-state index contributed by atoms with van der Waals surface area (Å²) in [7, 11) is -3.79. The lowest BCUT2D eigenvalue weighted by Gasteiger charge is -2.07. The molecule has 1 amide bonds. The molecule has 3 N–H and O–H groups in total. The van der Waals surface area contributed by atoms with Crippen LogP contribution < -0.4 is 10.5 Å². The number of halogens is 2. The number of nitrogens with one attached hydrogen (secondary N) is 1. The summed E-state index contributed by atoms with van der Waals surface area (Å²) >= 11 is 3.00. The van der Waals surface area contributed by atoms with E-state index in [4.69, 9.17) is 5.14 Å². The van der Waals surface area contributed by atoms with Crippen LogP contribution in [0.5, 0.6) is 0 Å². The number of hydrogen-bond donors (Lipinski definition) is 2. The summed E-state index contributed by atoms with van der Waals surface area (Å²) in [6.45, 7) is 0. The quantitative estimate of drug-likeness (QED) is 0.866. The lowest BCUT2D eigenvalue weighted by Crippen LogP contribution is -2.15. The highest BCUT2D eigenvalue weighted by molar-refractivity contribution is 9.10. The number of rotatable bonds is 3. The monoisotopic (exact) mass is 372 g/mol. The molecule has 0 aliphatic heterocycles. The van der Waals surface area contributed by atoms with Crippen molar-refractivity contribution in [3.05, 3.63) is 58.3 Å². The molecule has 2 rings (SSSR count). The third kappa shape index (κ3) is 3.66. The fourth-order valence-corrected chi connectivity index (χ4v) is 2.49. The number of carbonyl (C=O) groups excluding carboxylic acids is 1. The molecule has 0 unspecified atom stereocenters. The minimum absolute atomic E-state index is 0.0749. The number of nitrogens with two attached hydrogens (primary N) is 1. The molecule has 0 aliphatic rings. The van der Waals surface area contributed by atoms with Gasteiger partial charge in [-0.25, -0.2) is 17.9 Å². The van der Waals surface area contributed by atoms with Crippen LogP contribution in [0.25, 0.3) is 0 Å². The minimum Gasteiger partial charge on any atom is -0.322 e. The number of anilines is 1. The van der Waals surface area contributed by atoms with E-state index >= 15 is 0 Å². The van der Waals surface area contributed by atoms with E-state index in [1.807, 2.05) is 0 Å². The topological polar surface area (TPSA) is 89.3 Å². The van der Waals surface area contributed by atoms with Crippen molar-refractivity contribution in [3.63, 3.8) is 0 Å². The molecule has 0 heterocycles. The maximum Gasteiger partial charge on any atom is 0.258 e. The summed E-state index contributed by atoms with van der Waals surface area (Å²) < 4.78 is 36.2. The molecule has 5 nitrogen and oxygen atoms in total. The van der Waals surface area contributed by atoms with Crippen molar-refractivity contribution in [2.24, 2.45) is 5.14 Å². The Morgan fingerprint density at radius 3 is 2.33 bits per heavy atom. The average molecular weight is 373 g/mol. The number of carbonyl (C=O) groups is 1. The summed E-state index contributed by atoms with van der Waals surface area (Å²) in [5, 5.41) is 7.44. The predicted octanol–water partition coefficient (Wildman–Crippen LogP) is 2.49. The molecule has 21 heavy (non-hydrogen) atoms. The van der Waals surface area contributed by atoms with Gasteiger partial charge in [0.15, 0.2) is 0 Å². The molecule has 0 saturated heterocycles. The average Bonchev–Trinajstić information content (AvgIpc) is 2.41. The maximum atomic E-state index is 13.8. The van der Waals surface area contributed by atoms with Gasteiger partial charge in [0.05, 0.1) is 14.9 Å². The molecule has 2 aromatic carbocycles. The summed E-state index contributed by atoms with van der Waals surface area (Å²) in [5.74, 6) is -1.31. The molecule has 0 spiro atoms.